The number of nitro benzene ring substituents is 1. The summed E-state index contributed by atoms with van der Waals surface area (Å²) in [5.41, 5.74) is 2.09. The molecule has 116 valence electrons. The van der Waals surface area contributed by atoms with Crippen molar-refractivity contribution < 1.29 is 13.3 Å². The van der Waals surface area contributed by atoms with Crippen molar-refractivity contribution in [3.05, 3.63) is 40.1 Å². The number of nitro groups is 1. The average Bonchev–Trinajstić information content (AvgIpc) is 2.77. The van der Waals surface area contributed by atoms with E-state index in [1.54, 1.807) is 12.1 Å². The number of aryl methyl sites for hydroxylation is 1. The van der Waals surface area contributed by atoms with Gasteiger partial charge in [0.1, 0.15) is 0 Å². The fourth-order valence-electron chi connectivity index (χ4n) is 2.71. The molecule has 1 atom stereocenters. The molecule has 1 saturated heterocycles. The zero-order chi connectivity index (χ0) is 15.9. The fraction of sp³-hybridized carbons (Fsp3) is 0.357. The molecule has 0 aliphatic carbocycles. The summed E-state index contributed by atoms with van der Waals surface area (Å²) in [5.74, 6) is 0.262. The molecule has 1 fully saturated rings. The molecule has 0 bridgehead atoms. The van der Waals surface area contributed by atoms with Gasteiger partial charge in [0.05, 0.1) is 21.9 Å². The van der Waals surface area contributed by atoms with E-state index in [1.165, 1.54) is 12.1 Å². The molecule has 0 radical (unpaired) electrons. The van der Waals surface area contributed by atoms with Gasteiger partial charge >= 0.3 is 0 Å². The normalized spacial score (nSPS) is 20.1. The molecule has 0 amide bonds. The van der Waals surface area contributed by atoms with Gasteiger partial charge in [-0.2, -0.15) is 0 Å². The Balaban J connectivity index is 2.03. The predicted octanol–water partition coefficient (Wildman–Crippen LogP) is 2.05. The lowest BCUT2D eigenvalue weighted by Crippen LogP contribution is -2.20. The first-order chi connectivity index (χ1) is 10.3. The molecule has 1 aromatic heterocycles. The SMILES string of the molecule is Cc1cc(N[C@H]2CCS(=O)(=O)C2)c2cc([N+](=O)[O-])ccc2n1. The summed E-state index contributed by atoms with van der Waals surface area (Å²) in [5, 5.41) is 14.8. The minimum atomic E-state index is -2.99. The standard InChI is InChI=1S/C14H15N3O4S/c1-9-6-14(16-10-4-5-22(20,21)8-10)12-7-11(17(18)19)2-3-13(12)15-9/h2-3,6-7,10H,4-5,8H2,1H3,(H,15,16)/t10-/m0/s1. The van der Waals surface area contributed by atoms with Crippen LogP contribution < -0.4 is 5.32 Å². The van der Waals surface area contributed by atoms with Crippen LogP contribution in [0, 0.1) is 17.0 Å². The number of sulfone groups is 1. The number of nitrogens with zero attached hydrogens (tertiary/aromatic N) is 2. The highest BCUT2D eigenvalue weighted by Gasteiger charge is 2.28. The van der Waals surface area contributed by atoms with Crippen LogP contribution in [-0.4, -0.2) is 35.9 Å². The van der Waals surface area contributed by atoms with E-state index < -0.39 is 14.8 Å². The van der Waals surface area contributed by atoms with E-state index in [-0.39, 0.29) is 23.2 Å². The number of aromatic nitrogens is 1. The summed E-state index contributed by atoms with van der Waals surface area (Å²) in [6.07, 6.45) is 0.542. The van der Waals surface area contributed by atoms with Crippen LogP contribution in [0.2, 0.25) is 0 Å². The lowest BCUT2D eigenvalue weighted by atomic mass is 10.1. The third kappa shape index (κ3) is 2.87. The van der Waals surface area contributed by atoms with Gasteiger partial charge < -0.3 is 5.32 Å². The maximum absolute atomic E-state index is 11.6. The van der Waals surface area contributed by atoms with Crippen LogP contribution in [0.3, 0.4) is 0 Å². The molecule has 0 spiro atoms. The van der Waals surface area contributed by atoms with E-state index in [2.05, 4.69) is 10.3 Å². The van der Waals surface area contributed by atoms with Crippen molar-refractivity contribution >= 4 is 32.1 Å². The first-order valence-corrected chi connectivity index (χ1v) is 8.69. The zero-order valence-corrected chi connectivity index (χ0v) is 12.8. The number of non-ortho nitro benzene ring substituents is 1. The highest BCUT2D eigenvalue weighted by atomic mass is 32.2. The highest BCUT2D eigenvalue weighted by molar-refractivity contribution is 7.91. The predicted molar refractivity (Wildman–Crippen MR) is 83.8 cm³/mol. The van der Waals surface area contributed by atoms with E-state index in [9.17, 15) is 18.5 Å². The summed E-state index contributed by atoms with van der Waals surface area (Å²) in [4.78, 5) is 14.8. The minimum Gasteiger partial charge on any atom is -0.381 e. The van der Waals surface area contributed by atoms with Crippen molar-refractivity contribution in [2.24, 2.45) is 0 Å². The summed E-state index contributed by atoms with van der Waals surface area (Å²) in [7, 11) is -2.99. The molecular weight excluding hydrogens is 306 g/mol. The summed E-state index contributed by atoms with van der Waals surface area (Å²) < 4.78 is 23.1. The van der Waals surface area contributed by atoms with E-state index in [4.69, 9.17) is 0 Å². The van der Waals surface area contributed by atoms with Gasteiger partial charge in [-0.1, -0.05) is 0 Å². The summed E-state index contributed by atoms with van der Waals surface area (Å²) >= 11 is 0. The van der Waals surface area contributed by atoms with Crippen LogP contribution in [0.15, 0.2) is 24.3 Å². The lowest BCUT2D eigenvalue weighted by Gasteiger charge is -2.15. The van der Waals surface area contributed by atoms with E-state index >= 15 is 0 Å². The number of nitrogens with one attached hydrogen (secondary N) is 1. The second-order valence-electron chi connectivity index (χ2n) is 5.51. The molecule has 1 N–H and O–H groups in total. The number of hydrogen-bond acceptors (Lipinski definition) is 6. The van der Waals surface area contributed by atoms with E-state index in [0.29, 0.717) is 23.0 Å². The molecule has 8 heteroatoms. The van der Waals surface area contributed by atoms with Crippen molar-refractivity contribution in [1.29, 1.82) is 0 Å². The topological polar surface area (TPSA) is 102 Å². The third-order valence-corrected chi connectivity index (χ3v) is 5.49. The number of pyridine rings is 1. The number of rotatable bonds is 3. The summed E-state index contributed by atoms with van der Waals surface area (Å²) in [6, 6.07) is 6.11. The van der Waals surface area contributed by atoms with Crippen molar-refractivity contribution in [1.82, 2.24) is 4.98 Å². The van der Waals surface area contributed by atoms with Gasteiger partial charge in [0.15, 0.2) is 9.84 Å². The first-order valence-electron chi connectivity index (χ1n) is 6.87. The summed E-state index contributed by atoms with van der Waals surface area (Å²) in [6.45, 7) is 1.83. The third-order valence-electron chi connectivity index (χ3n) is 3.72. The Morgan fingerprint density at radius 3 is 2.77 bits per heavy atom. The molecule has 22 heavy (non-hydrogen) atoms. The number of hydrogen-bond donors (Lipinski definition) is 1. The Hall–Kier alpha value is -2.22. The van der Waals surface area contributed by atoms with Gasteiger partial charge in [0.25, 0.3) is 5.69 Å². The molecule has 0 saturated carbocycles. The zero-order valence-electron chi connectivity index (χ0n) is 11.9. The van der Waals surface area contributed by atoms with Crippen molar-refractivity contribution in [2.75, 3.05) is 16.8 Å². The number of anilines is 1. The maximum Gasteiger partial charge on any atom is 0.270 e. The molecule has 1 aliphatic rings. The molecule has 0 unspecified atom stereocenters. The van der Waals surface area contributed by atoms with Crippen molar-refractivity contribution in [3.63, 3.8) is 0 Å². The van der Waals surface area contributed by atoms with Crippen molar-refractivity contribution in [3.8, 4) is 0 Å². The highest BCUT2D eigenvalue weighted by Crippen LogP contribution is 2.29. The van der Waals surface area contributed by atoms with E-state index in [1.807, 2.05) is 6.92 Å². The first kappa shape index (κ1) is 14.7. The van der Waals surface area contributed by atoms with Crippen LogP contribution in [0.4, 0.5) is 11.4 Å². The smallest absolute Gasteiger partial charge is 0.270 e. The molecule has 1 aliphatic heterocycles. The van der Waals surface area contributed by atoms with Crippen LogP contribution in [0.5, 0.6) is 0 Å². The minimum absolute atomic E-state index is 0.0137. The monoisotopic (exact) mass is 321 g/mol. The quantitative estimate of drug-likeness (QED) is 0.685. The van der Waals surface area contributed by atoms with Gasteiger partial charge in [-0.15, -0.1) is 0 Å². The van der Waals surface area contributed by atoms with Crippen LogP contribution in [-0.2, 0) is 9.84 Å². The van der Waals surface area contributed by atoms with Gasteiger partial charge in [0.2, 0.25) is 0 Å². The lowest BCUT2D eigenvalue weighted by molar-refractivity contribution is -0.384. The Morgan fingerprint density at radius 2 is 2.14 bits per heavy atom. The Bertz CT molecular complexity index is 864. The molecule has 3 rings (SSSR count). The number of benzene rings is 1. The van der Waals surface area contributed by atoms with E-state index in [0.717, 1.165) is 5.69 Å². The van der Waals surface area contributed by atoms with Crippen LogP contribution in [0.1, 0.15) is 12.1 Å². The van der Waals surface area contributed by atoms with Crippen LogP contribution in [0.25, 0.3) is 10.9 Å². The largest absolute Gasteiger partial charge is 0.381 e. The molecule has 7 nitrogen and oxygen atoms in total. The van der Waals surface area contributed by atoms with Gasteiger partial charge in [-0.05, 0) is 25.5 Å². The molecule has 2 heterocycles. The van der Waals surface area contributed by atoms with Gasteiger partial charge in [-0.3, -0.25) is 15.1 Å². The molecule has 2 aromatic rings. The maximum atomic E-state index is 11.6. The Labute approximate surface area is 127 Å². The van der Waals surface area contributed by atoms with Gasteiger partial charge in [-0.25, -0.2) is 8.42 Å². The fourth-order valence-corrected chi connectivity index (χ4v) is 4.38. The Morgan fingerprint density at radius 1 is 1.36 bits per heavy atom. The molecular formula is C14H15N3O4S. The number of fused-ring (bicyclic) bond motifs is 1. The Kier molecular flexibility index (Phi) is 3.48. The van der Waals surface area contributed by atoms with Crippen LogP contribution >= 0.6 is 0 Å². The van der Waals surface area contributed by atoms with Gasteiger partial charge in [0, 0.05) is 34.9 Å². The second-order valence-corrected chi connectivity index (χ2v) is 7.74. The second kappa shape index (κ2) is 5.20. The average molecular weight is 321 g/mol. The van der Waals surface area contributed by atoms with Crippen molar-refractivity contribution in [2.45, 2.75) is 19.4 Å². The molecule has 1 aromatic carbocycles.